The Labute approximate surface area is 256 Å². The highest BCUT2D eigenvalue weighted by atomic mass is 16.5. The van der Waals surface area contributed by atoms with Crippen LogP contribution in [0, 0.1) is 17.8 Å². The molecule has 11 heteroatoms. The zero-order valence-electron chi connectivity index (χ0n) is 25.5. The van der Waals surface area contributed by atoms with Gasteiger partial charge in [0, 0.05) is 50.4 Å². The van der Waals surface area contributed by atoms with Gasteiger partial charge in [0.25, 0.3) is 5.91 Å². The fraction of sp³-hybridized carbons (Fsp3) is 0.424. The lowest BCUT2D eigenvalue weighted by atomic mass is 9.79. The van der Waals surface area contributed by atoms with Crippen LogP contribution in [0.5, 0.6) is 11.5 Å². The predicted molar refractivity (Wildman–Crippen MR) is 164 cm³/mol. The fourth-order valence-electron chi connectivity index (χ4n) is 6.23. The number of pyridine rings is 1. The van der Waals surface area contributed by atoms with Crippen molar-refractivity contribution in [2.75, 3.05) is 46.9 Å². The van der Waals surface area contributed by atoms with Crippen molar-refractivity contribution in [1.29, 1.82) is 0 Å². The van der Waals surface area contributed by atoms with Crippen molar-refractivity contribution in [1.82, 2.24) is 25.4 Å². The van der Waals surface area contributed by atoms with Crippen LogP contribution in [0.15, 0.2) is 54.7 Å². The standard InChI is InChI=1S/C33H39N5O6/c1-20(2)44-28-10-9-22(13-29(28)43-4)33(42)38-17-23-16-37(19-26(25(23)18-38)32(41)36-15-30(39)34-3)31(40)14-21-11-12-35-27-8-6-5-7-24(21)27/h5-13,20,23,25-26H,14-19H2,1-4H3,(H,34,39)(H,36,41). The van der Waals surface area contributed by atoms with Crippen LogP contribution < -0.4 is 20.1 Å². The maximum Gasteiger partial charge on any atom is 0.254 e. The van der Waals surface area contributed by atoms with Crippen LogP contribution in [0.25, 0.3) is 10.9 Å². The molecule has 0 radical (unpaired) electrons. The molecule has 3 atom stereocenters. The maximum absolute atomic E-state index is 13.7. The molecule has 3 heterocycles. The monoisotopic (exact) mass is 601 g/mol. The number of nitrogens with one attached hydrogen (secondary N) is 2. The highest BCUT2D eigenvalue weighted by Gasteiger charge is 2.47. The first-order chi connectivity index (χ1) is 21.2. The third-order valence-electron chi connectivity index (χ3n) is 8.41. The maximum atomic E-state index is 13.7. The second-order valence-corrected chi connectivity index (χ2v) is 11.6. The Kier molecular flexibility index (Phi) is 9.32. The topological polar surface area (TPSA) is 130 Å². The van der Waals surface area contributed by atoms with E-state index in [0.717, 1.165) is 16.5 Å². The van der Waals surface area contributed by atoms with Gasteiger partial charge in [-0.15, -0.1) is 0 Å². The van der Waals surface area contributed by atoms with E-state index in [0.29, 0.717) is 36.7 Å². The quantitative estimate of drug-likeness (QED) is 0.385. The summed E-state index contributed by atoms with van der Waals surface area (Å²) in [5.74, 6) is -0.728. The first-order valence-corrected chi connectivity index (χ1v) is 14.9. The second-order valence-electron chi connectivity index (χ2n) is 11.6. The van der Waals surface area contributed by atoms with E-state index in [4.69, 9.17) is 9.47 Å². The highest BCUT2D eigenvalue weighted by molar-refractivity contribution is 5.95. The van der Waals surface area contributed by atoms with Gasteiger partial charge in [0.15, 0.2) is 11.5 Å². The van der Waals surface area contributed by atoms with Crippen molar-refractivity contribution in [3.63, 3.8) is 0 Å². The Balaban J connectivity index is 1.36. The molecular formula is C33H39N5O6. The smallest absolute Gasteiger partial charge is 0.254 e. The Morgan fingerprint density at radius 3 is 2.50 bits per heavy atom. The lowest BCUT2D eigenvalue weighted by molar-refractivity contribution is -0.139. The summed E-state index contributed by atoms with van der Waals surface area (Å²) < 4.78 is 11.3. The number of carbonyl (C=O) groups is 4. The third-order valence-corrected chi connectivity index (χ3v) is 8.41. The number of likely N-dealkylation sites (tertiary alicyclic amines) is 2. The molecule has 44 heavy (non-hydrogen) atoms. The average Bonchev–Trinajstić information content (AvgIpc) is 3.47. The highest BCUT2D eigenvalue weighted by Crippen LogP contribution is 2.37. The summed E-state index contributed by atoms with van der Waals surface area (Å²) in [7, 11) is 3.04. The van der Waals surface area contributed by atoms with Crippen LogP contribution in [-0.4, -0.2) is 91.4 Å². The van der Waals surface area contributed by atoms with E-state index in [1.54, 1.807) is 34.2 Å². The lowest BCUT2D eigenvalue weighted by Gasteiger charge is -2.39. The Hall–Kier alpha value is -4.67. The van der Waals surface area contributed by atoms with Gasteiger partial charge in [0.2, 0.25) is 17.7 Å². The van der Waals surface area contributed by atoms with E-state index in [-0.39, 0.29) is 61.1 Å². The number of likely N-dealkylation sites (N-methyl/N-ethyl adjacent to an activating group) is 1. The molecule has 0 bridgehead atoms. The molecule has 4 amide bonds. The molecule has 2 saturated heterocycles. The number of amides is 4. The van der Waals surface area contributed by atoms with Gasteiger partial charge >= 0.3 is 0 Å². The first kappa shape index (κ1) is 30.8. The van der Waals surface area contributed by atoms with Crippen molar-refractivity contribution in [3.05, 3.63) is 65.9 Å². The minimum absolute atomic E-state index is 0.0541. The summed E-state index contributed by atoms with van der Waals surface area (Å²) >= 11 is 0. The van der Waals surface area contributed by atoms with Gasteiger partial charge in [0.05, 0.1) is 37.6 Å². The number of ether oxygens (including phenoxy) is 2. The molecule has 3 unspecified atom stereocenters. The largest absolute Gasteiger partial charge is 0.493 e. The summed E-state index contributed by atoms with van der Waals surface area (Å²) in [5.41, 5.74) is 2.13. The molecule has 2 fully saturated rings. The predicted octanol–water partition coefficient (Wildman–Crippen LogP) is 2.28. The fourth-order valence-corrected chi connectivity index (χ4v) is 6.23. The molecule has 0 spiro atoms. The zero-order valence-corrected chi connectivity index (χ0v) is 25.5. The SMILES string of the molecule is CNC(=O)CNC(=O)C1CN(C(=O)Cc2ccnc3ccccc23)CC2CN(C(=O)c3ccc(OC(C)C)c(OC)c3)CC21. The van der Waals surface area contributed by atoms with E-state index in [2.05, 4.69) is 15.6 Å². The molecule has 0 aliphatic carbocycles. The molecular weight excluding hydrogens is 562 g/mol. The van der Waals surface area contributed by atoms with Crippen molar-refractivity contribution in [3.8, 4) is 11.5 Å². The van der Waals surface area contributed by atoms with Gasteiger partial charge in [-0.1, -0.05) is 18.2 Å². The van der Waals surface area contributed by atoms with Crippen molar-refractivity contribution in [2.45, 2.75) is 26.4 Å². The average molecular weight is 602 g/mol. The van der Waals surface area contributed by atoms with E-state index in [1.165, 1.54) is 14.2 Å². The molecule has 1 aromatic heterocycles. The number of carbonyl (C=O) groups excluding carboxylic acids is 4. The summed E-state index contributed by atoms with van der Waals surface area (Å²) in [6.45, 7) is 5.08. The summed E-state index contributed by atoms with van der Waals surface area (Å²) in [6, 6.07) is 14.6. The molecule has 232 valence electrons. The molecule has 2 aliphatic rings. The third kappa shape index (κ3) is 6.61. The normalized spacial score (nSPS) is 19.4. The number of para-hydroxylation sites is 1. The summed E-state index contributed by atoms with van der Waals surface area (Å²) in [4.78, 5) is 60.6. The molecule has 3 aromatic rings. The van der Waals surface area contributed by atoms with Crippen molar-refractivity contribution in [2.24, 2.45) is 17.8 Å². The van der Waals surface area contributed by atoms with Crippen LogP contribution >= 0.6 is 0 Å². The van der Waals surface area contributed by atoms with Crippen molar-refractivity contribution < 1.29 is 28.7 Å². The number of hydrogen-bond acceptors (Lipinski definition) is 7. The Morgan fingerprint density at radius 1 is 0.977 bits per heavy atom. The number of methoxy groups -OCH3 is 1. The van der Waals surface area contributed by atoms with Crippen LogP contribution in [-0.2, 0) is 20.8 Å². The molecule has 2 N–H and O–H groups in total. The first-order valence-electron chi connectivity index (χ1n) is 14.9. The number of rotatable bonds is 9. The van der Waals surface area contributed by atoms with E-state index in [1.807, 2.05) is 44.2 Å². The Bertz CT molecular complexity index is 1550. The number of nitrogens with zero attached hydrogens (tertiary/aromatic N) is 3. The van der Waals surface area contributed by atoms with Crippen LogP contribution in [0.2, 0.25) is 0 Å². The molecule has 5 rings (SSSR count). The lowest BCUT2D eigenvalue weighted by Crippen LogP contribution is -2.54. The van der Waals surface area contributed by atoms with Gasteiger partial charge < -0.3 is 29.9 Å². The summed E-state index contributed by atoms with van der Waals surface area (Å²) in [6.07, 6.45) is 1.81. The minimum atomic E-state index is -0.578. The molecule has 0 saturated carbocycles. The number of aromatic nitrogens is 1. The molecule has 11 nitrogen and oxygen atoms in total. The van der Waals surface area contributed by atoms with Crippen LogP contribution in [0.4, 0.5) is 0 Å². The van der Waals surface area contributed by atoms with Crippen LogP contribution in [0.3, 0.4) is 0 Å². The molecule has 2 aromatic carbocycles. The number of fused-ring (bicyclic) bond motifs is 2. The van der Waals surface area contributed by atoms with Crippen molar-refractivity contribution >= 4 is 34.5 Å². The van der Waals surface area contributed by atoms with Gasteiger partial charge in [-0.3, -0.25) is 24.2 Å². The zero-order chi connectivity index (χ0) is 31.4. The van der Waals surface area contributed by atoms with Crippen LogP contribution in [0.1, 0.15) is 29.8 Å². The van der Waals surface area contributed by atoms with E-state index < -0.39 is 5.92 Å². The Morgan fingerprint density at radius 2 is 1.75 bits per heavy atom. The molecule has 2 aliphatic heterocycles. The number of piperidine rings is 1. The minimum Gasteiger partial charge on any atom is -0.493 e. The van der Waals surface area contributed by atoms with Gasteiger partial charge in [0.1, 0.15) is 0 Å². The van der Waals surface area contributed by atoms with Gasteiger partial charge in [-0.25, -0.2) is 0 Å². The summed E-state index contributed by atoms with van der Waals surface area (Å²) in [5, 5.41) is 6.15. The number of benzene rings is 2. The number of hydrogen-bond donors (Lipinski definition) is 2. The van der Waals surface area contributed by atoms with E-state index in [9.17, 15) is 19.2 Å². The van der Waals surface area contributed by atoms with Gasteiger partial charge in [-0.2, -0.15) is 0 Å². The van der Waals surface area contributed by atoms with E-state index >= 15 is 0 Å². The van der Waals surface area contributed by atoms with Gasteiger partial charge in [-0.05, 0) is 61.6 Å². The second kappa shape index (κ2) is 13.3.